The molecule has 0 N–H and O–H groups in total. The summed E-state index contributed by atoms with van der Waals surface area (Å²) in [6.07, 6.45) is 0. The summed E-state index contributed by atoms with van der Waals surface area (Å²) in [6.45, 7) is 0. The van der Waals surface area contributed by atoms with Gasteiger partial charge in [0.1, 0.15) is 0 Å². The zero-order valence-electron chi connectivity index (χ0n) is 23.2. The lowest BCUT2D eigenvalue weighted by Crippen LogP contribution is -1.93. The maximum atomic E-state index is 2.37. The molecular formula is C42H28. The van der Waals surface area contributed by atoms with Gasteiger partial charge in [-0.1, -0.05) is 164 Å². The van der Waals surface area contributed by atoms with Gasteiger partial charge in [0.15, 0.2) is 0 Å². The van der Waals surface area contributed by atoms with Gasteiger partial charge in [-0.15, -0.1) is 0 Å². The first kappa shape index (κ1) is 24.3. The zero-order valence-corrected chi connectivity index (χ0v) is 23.2. The quantitative estimate of drug-likeness (QED) is 0.198. The van der Waals surface area contributed by atoms with Crippen molar-refractivity contribution >= 4 is 32.3 Å². The van der Waals surface area contributed by atoms with Crippen molar-refractivity contribution in [2.75, 3.05) is 0 Å². The van der Waals surface area contributed by atoms with E-state index in [1.54, 1.807) is 0 Å². The number of hydrogen-bond acceptors (Lipinski definition) is 0. The molecule has 0 aliphatic heterocycles. The molecule has 8 rings (SSSR count). The highest BCUT2D eigenvalue weighted by atomic mass is 14.2. The Hall–Kier alpha value is -5.46. The molecule has 0 aliphatic carbocycles. The minimum atomic E-state index is 1.23. The van der Waals surface area contributed by atoms with Crippen LogP contribution in [0.3, 0.4) is 0 Å². The second-order valence-corrected chi connectivity index (χ2v) is 10.9. The smallest absolute Gasteiger partial charge is 0.00201 e. The van der Waals surface area contributed by atoms with Gasteiger partial charge in [0.25, 0.3) is 0 Å². The Labute approximate surface area is 246 Å². The first-order valence-electron chi connectivity index (χ1n) is 14.5. The summed E-state index contributed by atoms with van der Waals surface area (Å²) in [5.41, 5.74) is 10.0. The normalized spacial score (nSPS) is 11.3. The van der Waals surface area contributed by atoms with Crippen LogP contribution in [0.5, 0.6) is 0 Å². The van der Waals surface area contributed by atoms with Gasteiger partial charge in [-0.2, -0.15) is 0 Å². The van der Waals surface area contributed by atoms with E-state index in [0.29, 0.717) is 0 Å². The van der Waals surface area contributed by atoms with E-state index in [2.05, 4.69) is 170 Å². The Balaban J connectivity index is 1.42. The fourth-order valence-electron chi connectivity index (χ4n) is 6.62. The minimum Gasteiger partial charge on any atom is -0.0622 e. The third-order valence-electron chi connectivity index (χ3n) is 8.46. The molecule has 0 heteroatoms. The van der Waals surface area contributed by atoms with Crippen molar-refractivity contribution in [2.45, 2.75) is 0 Å². The first-order valence-corrected chi connectivity index (χ1v) is 14.5. The van der Waals surface area contributed by atoms with E-state index in [9.17, 15) is 0 Å². The van der Waals surface area contributed by atoms with Crippen LogP contribution in [-0.2, 0) is 0 Å². The lowest BCUT2D eigenvalue weighted by Gasteiger charge is -2.20. The van der Waals surface area contributed by atoms with Gasteiger partial charge >= 0.3 is 0 Å². The summed E-state index contributed by atoms with van der Waals surface area (Å²) >= 11 is 0. The van der Waals surface area contributed by atoms with Crippen molar-refractivity contribution in [1.29, 1.82) is 0 Å². The zero-order chi connectivity index (χ0) is 27.9. The van der Waals surface area contributed by atoms with Crippen LogP contribution < -0.4 is 0 Å². The Morgan fingerprint density at radius 2 is 0.690 bits per heavy atom. The van der Waals surface area contributed by atoms with E-state index in [4.69, 9.17) is 0 Å². The molecule has 0 bridgehead atoms. The van der Waals surface area contributed by atoms with Crippen molar-refractivity contribution in [3.05, 3.63) is 170 Å². The van der Waals surface area contributed by atoms with Gasteiger partial charge in [-0.05, 0) is 82.9 Å². The van der Waals surface area contributed by atoms with Crippen LogP contribution in [0.4, 0.5) is 0 Å². The number of hydrogen-bond donors (Lipinski definition) is 0. The Bertz CT molecular complexity index is 2180. The Morgan fingerprint density at radius 3 is 1.40 bits per heavy atom. The summed E-state index contributed by atoms with van der Waals surface area (Å²) < 4.78 is 0. The molecule has 0 saturated carbocycles. The fraction of sp³-hybridized carbons (Fsp3) is 0. The topological polar surface area (TPSA) is 0 Å². The van der Waals surface area contributed by atoms with E-state index in [-0.39, 0.29) is 0 Å². The molecular weight excluding hydrogens is 504 g/mol. The van der Waals surface area contributed by atoms with E-state index in [0.717, 1.165) is 0 Å². The standard InChI is InChI=1S/C42H28/c1-2-14-29(15-3-1)34-21-6-7-22-36(34)42-39-25-10-8-23-37(39)41(38-24-9-11-26-40(38)42)32-19-12-18-31(28-32)35-27-13-17-30-16-4-5-20-33(30)35/h1-28H. The molecule has 0 fully saturated rings. The molecule has 0 aromatic heterocycles. The molecule has 0 atom stereocenters. The summed E-state index contributed by atoms with van der Waals surface area (Å²) in [6, 6.07) is 61.7. The molecule has 0 heterocycles. The van der Waals surface area contributed by atoms with Crippen molar-refractivity contribution in [2.24, 2.45) is 0 Å². The lowest BCUT2D eigenvalue weighted by molar-refractivity contribution is 1.60. The van der Waals surface area contributed by atoms with Gasteiger partial charge in [0, 0.05) is 0 Å². The van der Waals surface area contributed by atoms with Crippen LogP contribution in [0.1, 0.15) is 0 Å². The van der Waals surface area contributed by atoms with Crippen molar-refractivity contribution in [3.8, 4) is 44.5 Å². The van der Waals surface area contributed by atoms with Gasteiger partial charge in [-0.3, -0.25) is 0 Å². The second kappa shape index (κ2) is 10.2. The van der Waals surface area contributed by atoms with Gasteiger partial charge in [0.2, 0.25) is 0 Å². The molecule has 0 radical (unpaired) electrons. The molecule has 0 aliphatic rings. The van der Waals surface area contributed by atoms with E-state index < -0.39 is 0 Å². The highest BCUT2D eigenvalue weighted by Gasteiger charge is 2.19. The summed E-state index contributed by atoms with van der Waals surface area (Å²) in [4.78, 5) is 0. The third kappa shape index (κ3) is 4.00. The minimum absolute atomic E-state index is 1.23. The predicted molar refractivity (Wildman–Crippen MR) is 181 cm³/mol. The van der Waals surface area contributed by atoms with Gasteiger partial charge in [0.05, 0.1) is 0 Å². The second-order valence-electron chi connectivity index (χ2n) is 10.9. The number of benzene rings is 8. The molecule has 0 saturated heterocycles. The largest absolute Gasteiger partial charge is 0.0622 e. The highest BCUT2D eigenvalue weighted by molar-refractivity contribution is 6.22. The first-order chi connectivity index (χ1) is 20.9. The Kier molecular flexibility index (Phi) is 5.90. The predicted octanol–water partition coefficient (Wildman–Crippen LogP) is 11.8. The molecule has 0 spiro atoms. The SMILES string of the molecule is c1ccc(-c2ccccc2-c2c3ccccc3c(-c3cccc(-c4cccc5ccccc45)c3)c3ccccc23)cc1. The molecule has 0 unspecified atom stereocenters. The molecule has 8 aromatic carbocycles. The van der Waals surface area contributed by atoms with Crippen LogP contribution >= 0.6 is 0 Å². The van der Waals surface area contributed by atoms with E-state index in [1.807, 2.05) is 0 Å². The summed E-state index contributed by atoms with van der Waals surface area (Å²) in [5.74, 6) is 0. The average Bonchev–Trinajstić information content (AvgIpc) is 3.07. The molecule has 0 amide bonds. The van der Waals surface area contributed by atoms with Crippen LogP contribution in [0, 0.1) is 0 Å². The molecule has 196 valence electrons. The fourth-order valence-corrected chi connectivity index (χ4v) is 6.62. The van der Waals surface area contributed by atoms with Crippen LogP contribution in [0.2, 0.25) is 0 Å². The maximum Gasteiger partial charge on any atom is -0.00201 e. The van der Waals surface area contributed by atoms with Crippen LogP contribution in [-0.4, -0.2) is 0 Å². The van der Waals surface area contributed by atoms with Gasteiger partial charge in [-0.25, -0.2) is 0 Å². The van der Waals surface area contributed by atoms with Crippen molar-refractivity contribution in [1.82, 2.24) is 0 Å². The third-order valence-corrected chi connectivity index (χ3v) is 8.46. The molecule has 8 aromatic rings. The van der Waals surface area contributed by atoms with Crippen LogP contribution in [0.15, 0.2) is 170 Å². The van der Waals surface area contributed by atoms with E-state index in [1.165, 1.54) is 76.8 Å². The Morgan fingerprint density at radius 1 is 0.238 bits per heavy atom. The number of fused-ring (bicyclic) bond motifs is 3. The monoisotopic (exact) mass is 532 g/mol. The summed E-state index contributed by atoms with van der Waals surface area (Å²) in [5, 5.41) is 7.61. The average molecular weight is 533 g/mol. The van der Waals surface area contributed by atoms with Crippen molar-refractivity contribution < 1.29 is 0 Å². The van der Waals surface area contributed by atoms with Crippen molar-refractivity contribution in [3.63, 3.8) is 0 Å². The highest BCUT2D eigenvalue weighted by Crippen LogP contribution is 2.46. The maximum absolute atomic E-state index is 2.37. The van der Waals surface area contributed by atoms with Gasteiger partial charge < -0.3 is 0 Å². The molecule has 0 nitrogen and oxygen atoms in total. The molecule has 42 heavy (non-hydrogen) atoms. The summed E-state index contributed by atoms with van der Waals surface area (Å²) in [7, 11) is 0. The number of rotatable bonds is 4. The lowest BCUT2D eigenvalue weighted by atomic mass is 9.83. The van der Waals surface area contributed by atoms with Crippen LogP contribution in [0.25, 0.3) is 76.8 Å². The van der Waals surface area contributed by atoms with E-state index >= 15 is 0 Å².